The summed E-state index contributed by atoms with van der Waals surface area (Å²) in [5, 5.41) is 3.30. The van der Waals surface area contributed by atoms with Gasteiger partial charge in [0.2, 0.25) is 5.91 Å². The van der Waals surface area contributed by atoms with Crippen LogP contribution in [-0.4, -0.2) is 37.0 Å². The van der Waals surface area contributed by atoms with Crippen LogP contribution in [-0.2, 0) is 4.79 Å². The number of nitrogens with one attached hydrogen (secondary N) is 1. The Bertz CT molecular complexity index is 458. The molecule has 110 valence electrons. The molecule has 1 N–H and O–H groups in total. The molecule has 1 atom stereocenters. The van der Waals surface area contributed by atoms with Gasteiger partial charge in [0.15, 0.2) is 0 Å². The van der Waals surface area contributed by atoms with Gasteiger partial charge in [0, 0.05) is 18.6 Å². The highest BCUT2D eigenvalue weighted by Gasteiger charge is 2.31. The molecule has 1 aromatic rings. The number of nitrogens with zero attached hydrogens (tertiary/aromatic N) is 1. The largest absolute Gasteiger partial charge is 0.497 e. The van der Waals surface area contributed by atoms with Crippen molar-refractivity contribution in [3.63, 3.8) is 0 Å². The van der Waals surface area contributed by atoms with E-state index in [4.69, 9.17) is 4.74 Å². The fraction of sp³-hybridized carbons (Fsp3) is 0.562. The highest BCUT2D eigenvalue weighted by Crippen LogP contribution is 2.26. The molecular weight excluding hydrogens is 252 g/mol. The van der Waals surface area contributed by atoms with Crippen LogP contribution >= 0.6 is 0 Å². The molecule has 0 spiro atoms. The first-order valence-electron chi connectivity index (χ1n) is 7.32. The minimum absolute atomic E-state index is 0.131. The van der Waals surface area contributed by atoms with Crippen molar-refractivity contribution in [2.24, 2.45) is 0 Å². The van der Waals surface area contributed by atoms with Crippen LogP contribution < -0.4 is 10.1 Å². The number of likely N-dealkylation sites (N-methyl/N-ethyl adjacent to an activating group) is 1. The molecule has 0 aliphatic heterocycles. The predicted octanol–water partition coefficient (Wildman–Crippen LogP) is 2.36. The van der Waals surface area contributed by atoms with Gasteiger partial charge in [-0.05, 0) is 44.4 Å². The Morgan fingerprint density at radius 2 is 2.25 bits per heavy atom. The molecule has 0 aromatic heterocycles. The molecule has 4 nitrogen and oxygen atoms in total. The molecule has 1 saturated carbocycles. The van der Waals surface area contributed by atoms with E-state index in [9.17, 15) is 4.79 Å². The summed E-state index contributed by atoms with van der Waals surface area (Å²) in [5.74, 6) is 1.04. The normalized spacial score (nSPS) is 15.8. The zero-order chi connectivity index (χ0) is 14.5. The van der Waals surface area contributed by atoms with Gasteiger partial charge in [-0.3, -0.25) is 4.79 Å². The van der Waals surface area contributed by atoms with Gasteiger partial charge < -0.3 is 15.0 Å². The van der Waals surface area contributed by atoms with Crippen LogP contribution in [0.4, 0.5) is 0 Å². The number of benzene rings is 1. The van der Waals surface area contributed by atoms with Crippen LogP contribution in [0.5, 0.6) is 5.75 Å². The second kappa shape index (κ2) is 6.75. The van der Waals surface area contributed by atoms with E-state index >= 15 is 0 Å². The Morgan fingerprint density at radius 3 is 2.85 bits per heavy atom. The average molecular weight is 276 g/mol. The molecule has 20 heavy (non-hydrogen) atoms. The maximum atomic E-state index is 12.2. The molecule has 0 unspecified atom stereocenters. The minimum Gasteiger partial charge on any atom is -0.497 e. The van der Waals surface area contributed by atoms with Gasteiger partial charge in [-0.1, -0.05) is 12.1 Å². The van der Waals surface area contributed by atoms with Crippen LogP contribution in [0.25, 0.3) is 0 Å². The predicted molar refractivity (Wildman–Crippen MR) is 79.8 cm³/mol. The first-order chi connectivity index (χ1) is 9.65. The fourth-order valence-electron chi connectivity index (χ4n) is 2.40. The minimum atomic E-state index is 0.131. The summed E-state index contributed by atoms with van der Waals surface area (Å²) in [7, 11) is 1.66. The number of amides is 1. The first kappa shape index (κ1) is 14.9. The molecule has 0 radical (unpaired) electrons. The van der Waals surface area contributed by atoms with Gasteiger partial charge in [0.05, 0.1) is 13.7 Å². The molecule has 1 aliphatic carbocycles. The van der Waals surface area contributed by atoms with Crippen molar-refractivity contribution < 1.29 is 9.53 Å². The van der Waals surface area contributed by atoms with E-state index in [0.29, 0.717) is 12.6 Å². The third-order valence-corrected chi connectivity index (χ3v) is 3.80. The number of hydrogen-bond acceptors (Lipinski definition) is 3. The molecule has 0 bridgehead atoms. The molecule has 0 heterocycles. The summed E-state index contributed by atoms with van der Waals surface area (Å²) < 4.78 is 5.22. The van der Waals surface area contributed by atoms with E-state index in [0.717, 1.165) is 30.7 Å². The Balaban J connectivity index is 1.87. The van der Waals surface area contributed by atoms with Gasteiger partial charge in [-0.25, -0.2) is 0 Å². The number of rotatable bonds is 7. The van der Waals surface area contributed by atoms with E-state index in [2.05, 4.69) is 12.2 Å². The maximum absolute atomic E-state index is 12.2. The summed E-state index contributed by atoms with van der Waals surface area (Å²) in [6.07, 6.45) is 2.32. The van der Waals surface area contributed by atoms with E-state index in [1.807, 2.05) is 36.1 Å². The Hall–Kier alpha value is -1.55. The summed E-state index contributed by atoms with van der Waals surface area (Å²) in [6.45, 7) is 5.30. The van der Waals surface area contributed by atoms with Crippen molar-refractivity contribution in [3.8, 4) is 5.75 Å². The quantitative estimate of drug-likeness (QED) is 0.831. The number of methoxy groups -OCH3 is 1. The monoisotopic (exact) mass is 276 g/mol. The molecule has 0 saturated heterocycles. The topological polar surface area (TPSA) is 41.6 Å². The number of carbonyl (C=O) groups is 1. The molecular formula is C16H24N2O2. The van der Waals surface area contributed by atoms with Crippen molar-refractivity contribution >= 4 is 5.91 Å². The van der Waals surface area contributed by atoms with Crippen LogP contribution in [0, 0.1) is 0 Å². The summed E-state index contributed by atoms with van der Waals surface area (Å²) in [5.41, 5.74) is 1.13. The second-order valence-electron chi connectivity index (χ2n) is 5.29. The lowest BCUT2D eigenvalue weighted by Gasteiger charge is -2.22. The Morgan fingerprint density at radius 1 is 1.50 bits per heavy atom. The van der Waals surface area contributed by atoms with Crippen LogP contribution in [0.1, 0.15) is 38.3 Å². The Kier molecular flexibility index (Phi) is 5.01. The molecule has 2 rings (SSSR count). The number of hydrogen-bond donors (Lipinski definition) is 1. The lowest BCUT2D eigenvalue weighted by Crippen LogP contribution is -2.40. The van der Waals surface area contributed by atoms with Gasteiger partial charge in [0.1, 0.15) is 5.75 Å². The van der Waals surface area contributed by atoms with E-state index in [-0.39, 0.29) is 11.9 Å². The van der Waals surface area contributed by atoms with Crippen LogP contribution in [0.15, 0.2) is 24.3 Å². The van der Waals surface area contributed by atoms with E-state index in [1.165, 1.54) is 0 Å². The standard InChI is InChI=1S/C16H24N2O2/c1-4-18(14-8-9-14)16(19)11-17-12(2)13-6-5-7-15(10-13)20-3/h5-7,10,12,14,17H,4,8-9,11H2,1-3H3/t12-/m1/s1. The van der Waals surface area contributed by atoms with E-state index < -0.39 is 0 Å². The van der Waals surface area contributed by atoms with Crippen molar-refractivity contribution in [1.29, 1.82) is 0 Å². The smallest absolute Gasteiger partial charge is 0.236 e. The van der Waals surface area contributed by atoms with Crippen molar-refractivity contribution in [2.75, 3.05) is 20.2 Å². The summed E-state index contributed by atoms with van der Waals surface area (Å²) >= 11 is 0. The van der Waals surface area contributed by atoms with E-state index in [1.54, 1.807) is 7.11 Å². The lowest BCUT2D eigenvalue weighted by atomic mass is 10.1. The van der Waals surface area contributed by atoms with Crippen molar-refractivity contribution in [2.45, 2.75) is 38.8 Å². The van der Waals surface area contributed by atoms with Crippen LogP contribution in [0.2, 0.25) is 0 Å². The summed E-state index contributed by atoms with van der Waals surface area (Å²) in [4.78, 5) is 14.1. The molecule has 1 fully saturated rings. The van der Waals surface area contributed by atoms with Gasteiger partial charge in [-0.15, -0.1) is 0 Å². The Labute approximate surface area is 121 Å². The highest BCUT2D eigenvalue weighted by atomic mass is 16.5. The van der Waals surface area contributed by atoms with Gasteiger partial charge >= 0.3 is 0 Å². The highest BCUT2D eigenvalue weighted by molar-refractivity contribution is 5.79. The number of carbonyl (C=O) groups excluding carboxylic acids is 1. The SMILES string of the molecule is CCN(C(=O)CN[C@H](C)c1cccc(OC)c1)C1CC1. The third kappa shape index (κ3) is 3.73. The van der Waals surface area contributed by atoms with Crippen LogP contribution in [0.3, 0.4) is 0 Å². The average Bonchev–Trinajstić information content (AvgIpc) is 3.30. The zero-order valence-electron chi connectivity index (χ0n) is 12.6. The third-order valence-electron chi connectivity index (χ3n) is 3.80. The van der Waals surface area contributed by atoms with Gasteiger partial charge in [-0.2, -0.15) is 0 Å². The molecule has 1 amide bonds. The molecule has 1 aliphatic rings. The fourth-order valence-corrected chi connectivity index (χ4v) is 2.40. The summed E-state index contributed by atoms with van der Waals surface area (Å²) in [6, 6.07) is 8.56. The number of ether oxygens (including phenoxy) is 1. The maximum Gasteiger partial charge on any atom is 0.236 e. The van der Waals surface area contributed by atoms with Gasteiger partial charge in [0.25, 0.3) is 0 Å². The lowest BCUT2D eigenvalue weighted by molar-refractivity contribution is -0.130. The van der Waals surface area contributed by atoms with Crippen molar-refractivity contribution in [1.82, 2.24) is 10.2 Å². The zero-order valence-corrected chi connectivity index (χ0v) is 12.6. The van der Waals surface area contributed by atoms with Crippen molar-refractivity contribution in [3.05, 3.63) is 29.8 Å². The molecule has 4 heteroatoms. The first-order valence-corrected chi connectivity index (χ1v) is 7.32. The second-order valence-corrected chi connectivity index (χ2v) is 5.29. The molecule has 1 aromatic carbocycles.